The number of nitrogens with one attached hydrogen (secondary N) is 2. The zero-order chi connectivity index (χ0) is 14.5. The van der Waals surface area contributed by atoms with Crippen molar-refractivity contribution in [3.8, 4) is 0 Å². The van der Waals surface area contributed by atoms with E-state index in [2.05, 4.69) is 15.7 Å². The second kappa shape index (κ2) is 6.54. The lowest BCUT2D eigenvalue weighted by atomic mass is 10.1. The highest BCUT2D eigenvalue weighted by molar-refractivity contribution is 5.91. The summed E-state index contributed by atoms with van der Waals surface area (Å²) in [6.07, 6.45) is 6.66. The molecule has 5 heteroatoms. The first kappa shape index (κ1) is 13.8. The molecule has 1 saturated carbocycles. The molecular formula is C16H20N4O. The summed E-state index contributed by atoms with van der Waals surface area (Å²) in [7, 11) is 0. The zero-order valence-corrected chi connectivity index (χ0v) is 12.0. The summed E-state index contributed by atoms with van der Waals surface area (Å²) in [4.78, 5) is 12.0. The number of carbonyl (C=O) groups excluding carboxylic acids is 1. The Labute approximate surface area is 124 Å². The normalized spacial score (nSPS) is 14.1. The van der Waals surface area contributed by atoms with Crippen LogP contribution < -0.4 is 10.6 Å². The molecule has 1 aliphatic carbocycles. The van der Waals surface area contributed by atoms with Gasteiger partial charge in [-0.05, 0) is 30.5 Å². The smallest absolute Gasteiger partial charge is 0.225 e. The molecule has 0 spiro atoms. The van der Waals surface area contributed by atoms with Crippen LogP contribution in [0.2, 0.25) is 0 Å². The van der Waals surface area contributed by atoms with Gasteiger partial charge in [0.25, 0.3) is 0 Å². The van der Waals surface area contributed by atoms with Crippen LogP contribution in [0.5, 0.6) is 0 Å². The molecule has 0 saturated heterocycles. The number of carbonyl (C=O) groups is 1. The first-order valence-electron chi connectivity index (χ1n) is 7.40. The Kier molecular flexibility index (Phi) is 4.31. The van der Waals surface area contributed by atoms with Gasteiger partial charge in [0.05, 0.1) is 6.54 Å². The van der Waals surface area contributed by atoms with Crippen molar-refractivity contribution in [2.45, 2.75) is 31.8 Å². The fraction of sp³-hybridized carbons (Fsp3) is 0.375. The van der Waals surface area contributed by atoms with Crippen molar-refractivity contribution >= 4 is 11.6 Å². The van der Waals surface area contributed by atoms with Gasteiger partial charge in [0, 0.05) is 37.1 Å². The second-order valence-electron chi connectivity index (χ2n) is 5.39. The zero-order valence-electron chi connectivity index (χ0n) is 12.0. The summed E-state index contributed by atoms with van der Waals surface area (Å²) in [5.74, 6) is 0.0519. The number of hydrogen-bond acceptors (Lipinski definition) is 3. The summed E-state index contributed by atoms with van der Waals surface area (Å²) < 4.78 is 1.85. The van der Waals surface area contributed by atoms with E-state index < -0.39 is 0 Å². The average Bonchev–Trinajstić information content (AvgIpc) is 3.16. The van der Waals surface area contributed by atoms with E-state index in [9.17, 15) is 4.79 Å². The minimum absolute atomic E-state index is 0.0519. The quantitative estimate of drug-likeness (QED) is 0.817. The highest BCUT2D eigenvalue weighted by atomic mass is 16.1. The molecule has 1 fully saturated rings. The maximum Gasteiger partial charge on any atom is 0.225 e. The van der Waals surface area contributed by atoms with Crippen LogP contribution in [0.25, 0.3) is 0 Å². The van der Waals surface area contributed by atoms with Gasteiger partial charge >= 0.3 is 0 Å². The van der Waals surface area contributed by atoms with Gasteiger partial charge in [-0.1, -0.05) is 18.2 Å². The molecule has 1 aliphatic rings. The van der Waals surface area contributed by atoms with Gasteiger partial charge in [-0.3, -0.25) is 9.48 Å². The molecule has 5 nitrogen and oxygen atoms in total. The van der Waals surface area contributed by atoms with Crippen molar-refractivity contribution in [1.82, 2.24) is 15.1 Å². The van der Waals surface area contributed by atoms with E-state index >= 15 is 0 Å². The molecule has 2 N–H and O–H groups in total. The minimum Gasteiger partial charge on any atom is -0.326 e. The summed E-state index contributed by atoms with van der Waals surface area (Å²) in [6, 6.07) is 10.4. The number of aromatic nitrogens is 2. The Morgan fingerprint density at radius 1 is 1.29 bits per heavy atom. The summed E-state index contributed by atoms with van der Waals surface area (Å²) in [5, 5.41) is 10.5. The molecule has 21 heavy (non-hydrogen) atoms. The molecular weight excluding hydrogens is 264 g/mol. The molecule has 2 aromatic rings. The Morgan fingerprint density at radius 2 is 2.14 bits per heavy atom. The number of anilines is 1. The first-order chi connectivity index (χ1) is 10.3. The first-order valence-corrected chi connectivity index (χ1v) is 7.40. The number of benzene rings is 1. The van der Waals surface area contributed by atoms with E-state index in [4.69, 9.17) is 0 Å². The van der Waals surface area contributed by atoms with Crippen LogP contribution in [0.15, 0.2) is 42.7 Å². The van der Waals surface area contributed by atoms with E-state index in [1.54, 1.807) is 6.20 Å². The monoisotopic (exact) mass is 284 g/mol. The number of nitrogens with zero attached hydrogens (tertiary/aromatic N) is 2. The highest BCUT2D eigenvalue weighted by Crippen LogP contribution is 2.19. The van der Waals surface area contributed by atoms with Crippen molar-refractivity contribution in [1.29, 1.82) is 0 Å². The molecule has 0 unspecified atom stereocenters. The van der Waals surface area contributed by atoms with Crippen LogP contribution in [0, 0.1) is 0 Å². The number of hydrogen-bond donors (Lipinski definition) is 2. The predicted octanol–water partition coefficient (Wildman–Crippen LogP) is 2.01. The lowest BCUT2D eigenvalue weighted by Crippen LogP contribution is -2.23. The third kappa shape index (κ3) is 4.16. The van der Waals surface area contributed by atoms with Gasteiger partial charge in [-0.25, -0.2) is 0 Å². The van der Waals surface area contributed by atoms with Gasteiger partial charge in [-0.2, -0.15) is 5.10 Å². The van der Waals surface area contributed by atoms with Crippen molar-refractivity contribution in [3.05, 3.63) is 48.3 Å². The number of para-hydroxylation sites is 1. The molecule has 1 aromatic carbocycles. The van der Waals surface area contributed by atoms with Crippen LogP contribution in [-0.2, 0) is 11.3 Å². The third-order valence-corrected chi connectivity index (χ3v) is 3.55. The van der Waals surface area contributed by atoms with E-state index in [0.717, 1.165) is 17.8 Å². The minimum atomic E-state index is 0.0519. The summed E-state index contributed by atoms with van der Waals surface area (Å²) >= 11 is 0. The van der Waals surface area contributed by atoms with Crippen LogP contribution in [0.3, 0.4) is 0 Å². The molecule has 0 aliphatic heterocycles. The van der Waals surface area contributed by atoms with Crippen molar-refractivity contribution in [2.75, 3.05) is 11.9 Å². The molecule has 0 bridgehead atoms. The Bertz CT molecular complexity index is 590. The largest absolute Gasteiger partial charge is 0.326 e. The lowest BCUT2D eigenvalue weighted by molar-refractivity contribution is -0.116. The maximum atomic E-state index is 12.0. The van der Waals surface area contributed by atoms with E-state index in [0.29, 0.717) is 19.0 Å². The Balaban J connectivity index is 1.57. The topological polar surface area (TPSA) is 59.0 Å². The van der Waals surface area contributed by atoms with Crippen LogP contribution >= 0.6 is 0 Å². The van der Waals surface area contributed by atoms with Crippen molar-refractivity contribution < 1.29 is 4.79 Å². The van der Waals surface area contributed by atoms with Crippen molar-refractivity contribution in [3.63, 3.8) is 0 Å². The fourth-order valence-corrected chi connectivity index (χ4v) is 2.24. The van der Waals surface area contributed by atoms with Gasteiger partial charge in [-0.15, -0.1) is 0 Å². The van der Waals surface area contributed by atoms with Gasteiger partial charge < -0.3 is 10.6 Å². The molecule has 1 amide bonds. The van der Waals surface area contributed by atoms with Gasteiger partial charge in [0.1, 0.15) is 0 Å². The molecule has 1 aromatic heterocycles. The van der Waals surface area contributed by atoms with E-state index in [1.165, 1.54) is 12.8 Å². The Hall–Kier alpha value is -2.14. The van der Waals surface area contributed by atoms with Crippen LogP contribution in [0.4, 0.5) is 5.69 Å². The van der Waals surface area contributed by atoms with E-state index in [-0.39, 0.29) is 5.91 Å². The standard InChI is InChI=1S/C16H20N4O/c21-16(8-10-17-14-6-7-14)19-15-5-2-1-4-13(15)12-20-11-3-9-18-20/h1-5,9,11,14,17H,6-8,10,12H2,(H,19,21). The Morgan fingerprint density at radius 3 is 2.90 bits per heavy atom. The molecule has 0 atom stereocenters. The summed E-state index contributed by atoms with van der Waals surface area (Å²) in [5.41, 5.74) is 1.93. The molecule has 3 rings (SSSR count). The predicted molar refractivity (Wildman–Crippen MR) is 82.0 cm³/mol. The van der Waals surface area contributed by atoms with Gasteiger partial charge in [0.15, 0.2) is 0 Å². The van der Waals surface area contributed by atoms with Gasteiger partial charge in [0.2, 0.25) is 5.91 Å². The maximum absolute atomic E-state index is 12.0. The average molecular weight is 284 g/mol. The highest BCUT2D eigenvalue weighted by Gasteiger charge is 2.20. The van der Waals surface area contributed by atoms with Crippen LogP contribution in [0.1, 0.15) is 24.8 Å². The number of rotatable bonds is 7. The van der Waals surface area contributed by atoms with Crippen molar-refractivity contribution in [2.24, 2.45) is 0 Å². The summed E-state index contributed by atoms with van der Waals surface area (Å²) in [6.45, 7) is 1.40. The SMILES string of the molecule is O=C(CCNC1CC1)Nc1ccccc1Cn1cccn1. The third-order valence-electron chi connectivity index (χ3n) is 3.55. The molecule has 0 radical (unpaired) electrons. The molecule has 110 valence electrons. The number of amides is 1. The van der Waals surface area contributed by atoms with E-state index in [1.807, 2.05) is 41.2 Å². The fourth-order valence-electron chi connectivity index (χ4n) is 2.24. The lowest BCUT2D eigenvalue weighted by Gasteiger charge is -2.11. The molecule has 1 heterocycles. The second-order valence-corrected chi connectivity index (χ2v) is 5.39. The van der Waals surface area contributed by atoms with Crippen LogP contribution in [-0.4, -0.2) is 28.3 Å².